The maximum absolute atomic E-state index is 13.8. The molecule has 0 saturated heterocycles. The molecule has 2 aromatic carbocycles. The van der Waals surface area contributed by atoms with Crippen molar-refractivity contribution < 1.29 is 9.59 Å². The van der Waals surface area contributed by atoms with E-state index in [1.54, 1.807) is 12.4 Å². The van der Waals surface area contributed by atoms with Crippen molar-refractivity contribution in [3.63, 3.8) is 0 Å². The van der Waals surface area contributed by atoms with Crippen LogP contribution in [0, 0.1) is 20.8 Å². The lowest BCUT2D eigenvalue weighted by atomic mass is 9.97. The lowest BCUT2D eigenvalue weighted by molar-refractivity contribution is -0.138. The normalized spacial score (nSPS) is 13.7. The number of hydrogen-bond acceptors (Lipinski definition) is 4. The molecule has 174 valence electrons. The first kappa shape index (κ1) is 23.4. The molecule has 0 radical (unpaired) electrons. The van der Waals surface area contributed by atoms with Gasteiger partial charge in [-0.3, -0.25) is 19.5 Å². The molecule has 0 saturated carbocycles. The molecule has 1 aliphatic rings. The predicted molar refractivity (Wildman–Crippen MR) is 135 cm³/mol. The summed E-state index contributed by atoms with van der Waals surface area (Å²) >= 11 is 0. The van der Waals surface area contributed by atoms with Crippen LogP contribution < -0.4 is 0 Å². The molecule has 0 spiro atoms. The maximum Gasteiger partial charge on any atom is 0.278 e. The molecule has 34 heavy (non-hydrogen) atoms. The van der Waals surface area contributed by atoms with Gasteiger partial charge in [-0.1, -0.05) is 53.6 Å². The molecule has 5 heteroatoms. The van der Waals surface area contributed by atoms with Crippen molar-refractivity contribution in [2.45, 2.75) is 40.7 Å². The quantitative estimate of drug-likeness (QED) is 0.458. The van der Waals surface area contributed by atoms with Crippen LogP contribution in [0.3, 0.4) is 0 Å². The van der Waals surface area contributed by atoms with Crippen LogP contribution in [0.2, 0.25) is 0 Å². The number of pyridine rings is 1. The highest BCUT2D eigenvalue weighted by atomic mass is 16.2. The number of carbonyl (C=O) groups is 2. The first-order valence-corrected chi connectivity index (χ1v) is 11.8. The Balaban J connectivity index is 1.73. The molecular weight excluding hydrogens is 422 g/mol. The van der Waals surface area contributed by atoms with Crippen LogP contribution in [-0.2, 0) is 22.6 Å². The van der Waals surface area contributed by atoms with Crippen molar-refractivity contribution in [2.75, 3.05) is 13.1 Å². The molecular formula is C29H31N3O2. The topological polar surface area (TPSA) is 53.5 Å². The summed E-state index contributed by atoms with van der Waals surface area (Å²) < 4.78 is 0. The van der Waals surface area contributed by atoms with E-state index in [1.807, 2.05) is 81.1 Å². The number of carbonyl (C=O) groups excluding carboxylic acids is 2. The number of rotatable bonds is 8. The van der Waals surface area contributed by atoms with Crippen molar-refractivity contribution in [1.29, 1.82) is 0 Å². The van der Waals surface area contributed by atoms with Crippen LogP contribution >= 0.6 is 0 Å². The average molecular weight is 454 g/mol. The Morgan fingerprint density at radius 2 is 1.50 bits per heavy atom. The van der Waals surface area contributed by atoms with E-state index < -0.39 is 0 Å². The van der Waals surface area contributed by atoms with Gasteiger partial charge in [0, 0.05) is 25.5 Å². The molecule has 0 N–H and O–H groups in total. The lowest BCUT2D eigenvalue weighted by Gasteiger charge is -2.25. The fourth-order valence-electron chi connectivity index (χ4n) is 4.45. The van der Waals surface area contributed by atoms with E-state index in [2.05, 4.69) is 11.1 Å². The van der Waals surface area contributed by atoms with Crippen molar-refractivity contribution in [3.8, 4) is 0 Å². The fraction of sp³-hybridized carbons (Fsp3) is 0.276. The Labute approximate surface area is 201 Å². The minimum Gasteiger partial charge on any atom is -0.366 e. The number of likely N-dealkylation sites (N-methyl/N-ethyl adjacent to an activating group) is 1. The molecule has 0 bridgehead atoms. The van der Waals surface area contributed by atoms with Gasteiger partial charge in [-0.2, -0.15) is 0 Å². The Hall–Kier alpha value is -3.73. The Kier molecular flexibility index (Phi) is 6.92. The monoisotopic (exact) mass is 453 g/mol. The van der Waals surface area contributed by atoms with Gasteiger partial charge in [0.05, 0.1) is 12.1 Å². The van der Waals surface area contributed by atoms with Crippen molar-refractivity contribution >= 4 is 17.4 Å². The predicted octanol–water partition coefficient (Wildman–Crippen LogP) is 4.85. The van der Waals surface area contributed by atoms with Crippen LogP contribution in [0.25, 0.3) is 5.57 Å². The molecule has 0 unspecified atom stereocenters. The number of aryl methyl sites for hydroxylation is 3. The molecule has 0 atom stereocenters. The summed E-state index contributed by atoms with van der Waals surface area (Å²) in [6.07, 6.45) is 4.32. The molecule has 2 heterocycles. The highest BCUT2D eigenvalue weighted by Gasteiger charge is 2.41. The van der Waals surface area contributed by atoms with Crippen LogP contribution in [0.1, 0.15) is 40.3 Å². The second kappa shape index (κ2) is 10.0. The van der Waals surface area contributed by atoms with Crippen LogP contribution in [0.5, 0.6) is 0 Å². The highest BCUT2D eigenvalue weighted by Crippen LogP contribution is 2.34. The summed E-state index contributed by atoms with van der Waals surface area (Å²) in [5, 5.41) is 0. The maximum atomic E-state index is 13.8. The first-order valence-electron chi connectivity index (χ1n) is 11.8. The van der Waals surface area contributed by atoms with E-state index in [-0.39, 0.29) is 18.4 Å². The zero-order valence-electron chi connectivity index (χ0n) is 20.3. The van der Waals surface area contributed by atoms with Gasteiger partial charge in [0.2, 0.25) is 0 Å². The molecule has 0 fully saturated rings. The highest BCUT2D eigenvalue weighted by molar-refractivity contribution is 6.35. The zero-order valence-corrected chi connectivity index (χ0v) is 20.3. The number of aromatic nitrogens is 1. The van der Waals surface area contributed by atoms with Gasteiger partial charge < -0.3 is 4.90 Å². The third-order valence-corrected chi connectivity index (χ3v) is 6.37. The van der Waals surface area contributed by atoms with E-state index in [1.165, 1.54) is 4.90 Å². The summed E-state index contributed by atoms with van der Waals surface area (Å²) in [7, 11) is 0. The van der Waals surface area contributed by atoms with Gasteiger partial charge in [0.1, 0.15) is 5.70 Å². The third kappa shape index (κ3) is 4.79. The largest absolute Gasteiger partial charge is 0.366 e. The third-order valence-electron chi connectivity index (χ3n) is 6.37. The molecule has 0 aliphatic carbocycles. The van der Waals surface area contributed by atoms with Crippen LogP contribution in [-0.4, -0.2) is 39.7 Å². The second-order valence-corrected chi connectivity index (χ2v) is 8.91. The van der Waals surface area contributed by atoms with Crippen molar-refractivity contribution in [1.82, 2.24) is 14.8 Å². The molecule has 1 aliphatic heterocycles. The number of benzene rings is 2. The molecule has 5 nitrogen and oxygen atoms in total. The Morgan fingerprint density at radius 1 is 0.824 bits per heavy atom. The van der Waals surface area contributed by atoms with E-state index >= 15 is 0 Å². The summed E-state index contributed by atoms with van der Waals surface area (Å²) in [4.78, 5) is 35.0. The molecule has 4 rings (SSSR count). The van der Waals surface area contributed by atoms with Gasteiger partial charge in [-0.05, 0) is 68.5 Å². The average Bonchev–Trinajstić information content (AvgIpc) is 3.06. The second-order valence-electron chi connectivity index (χ2n) is 8.91. The van der Waals surface area contributed by atoms with Crippen molar-refractivity contribution in [2.24, 2.45) is 0 Å². The van der Waals surface area contributed by atoms with Crippen molar-refractivity contribution in [3.05, 3.63) is 106 Å². The number of amides is 2. The molecule has 2 amide bonds. The van der Waals surface area contributed by atoms with Gasteiger partial charge >= 0.3 is 0 Å². The van der Waals surface area contributed by atoms with E-state index in [9.17, 15) is 9.59 Å². The van der Waals surface area contributed by atoms with E-state index in [4.69, 9.17) is 0 Å². The molecule has 3 aromatic rings. The van der Waals surface area contributed by atoms with Crippen LogP contribution in [0.15, 0.2) is 72.7 Å². The summed E-state index contributed by atoms with van der Waals surface area (Å²) in [6, 6.07) is 18.0. The van der Waals surface area contributed by atoms with Gasteiger partial charge in [0.15, 0.2) is 0 Å². The van der Waals surface area contributed by atoms with Gasteiger partial charge in [-0.15, -0.1) is 0 Å². The Morgan fingerprint density at radius 3 is 2.15 bits per heavy atom. The summed E-state index contributed by atoms with van der Waals surface area (Å²) in [5.41, 5.74) is 7.19. The first-order chi connectivity index (χ1) is 16.4. The van der Waals surface area contributed by atoms with Crippen LogP contribution in [0.4, 0.5) is 0 Å². The van der Waals surface area contributed by atoms with Gasteiger partial charge in [-0.25, -0.2) is 0 Å². The Bertz CT molecular complexity index is 1230. The number of hydrogen-bond donors (Lipinski definition) is 0. The minimum absolute atomic E-state index is 0.225. The van der Waals surface area contributed by atoms with E-state index in [0.717, 1.165) is 39.8 Å². The SMILES string of the molecule is CCN(CCc1ccncc1)C1=C(c2ccc(C)cc2C)C(=O)N(Cc2ccc(C)cc2)C1=O. The lowest BCUT2D eigenvalue weighted by Crippen LogP contribution is -2.35. The number of imide groups is 1. The zero-order chi connectivity index (χ0) is 24.2. The summed E-state index contributed by atoms with van der Waals surface area (Å²) in [6.45, 7) is 9.62. The minimum atomic E-state index is -0.227. The smallest absolute Gasteiger partial charge is 0.278 e. The number of nitrogens with zero attached hydrogens (tertiary/aromatic N) is 3. The summed E-state index contributed by atoms with van der Waals surface area (Å²) in [5.74, 6) is -0.452. The molecule has 1 aromatic heterocycles. The van der Waals surface area contributed by atoms with E-state index in [0.29, 0.717) is 24.4 Å². The standard InChI is InChI=1S/C29H31N3O2/c1-5-31(17-14-23-12-15-30-16-13-23)27-26(25-11-8-21(3)18-22(25)4)28(33)32(29(27)34)19-24-9-6-20(2)7-10-24/h6-13,15-16,18H,5,14,17,19H2,1-4H3. The van der Waals surface area contributed by atoms with Gasteiger partial charge in [0.25, 0.3) is 11.8 Å². The fourth-order valence-corrected chi connectivity index (χ4v) is 4.45.